The van der Waals surface area contributed by atoms with Crippen LogP contribution < -0.4 is 5.32 Å². The number of nitrogens with one attached hydrogen (secondary N) is 1. The van der Waals surface area contributed by atoms with Gasteiger partial charge >= 0.3 is 12.1 Å². The predicted octanol–water partition coefficient (Wildman–Crippen LogP) is 4.14. The number of hydrogen-bond acceptors (Lipinski definition) is 3. The molecule has 0 radical (unpaired) electrons. The van der Waals surface area contributed by atoms with E-state index < -0.39 is 29.4 Å². The second-order valence-electron chi connectivity index (χ2n) is 5.54. The highest BCUT2D eigenvalue weighted by Crippen LogP contribution is 2.31. The molecule has 0 saturated heterocycles. The molecule has 0 aliphatic carbocycles. The SMILES string of the molecule is O=C(O)CCC(=O)c1ccc(NC(=O)c2ccc(C(F)(F)F)c(F)c2)cc1. The van der Waals surface area contributed by atoms with Gasteiger partial charge in [0.1, 0.15) is 5.82 Å². The van der Waals surface area contributed by atoms with E-state index in [0.29, 0.717) is 12.1 Å². The molecule has 27 heavy (non-hydrogen) atoms. The van der Waals surface area contributed by atoms with Crippen molar-refractivity contribution in [2.24, 2.45) is 0 Å². The normalized spacial score (nSPS) is 11.1. The number of Topliss-reactive ketones (excluding diaryl/α,β-unsaturated/α-hetero) is 1. The first-order chi connectivity index (χ1) is 12.6. The summed E-state index contributed by atoms with van der Waals surface area (Å²) in [5, 5.41) is 10.9. The smallest absolute Gasteiger partial charge is 0.419 e. The summed E-state index contributed by atoms with van der Waals surface area (Å²) in [4.78, 5) is 34.3. The number of alkyl halides is 3. The molecule has 1 amide bonds. The van der Waals surface area contributed by atoms with E-state index in [-0.39, 0.29) is 35.4 Å². The van der Waals surface area contributed by atoms with E-state index in [0.717, 1.165) is 6.07 Å². The Balaban J connectivity index is 2.07. The van der Waals surface area contributed by atoms with Crippen molar-refractivity contribution in [3.05, 3.63) is 65.0 Å². The van der Waals surface area contributed by atoms with E-state index >= 15 is 0 Å². The third kappa shape index (κ3) is 5.37. The van der Waals surface area contributed by atoms with Crippen LogP contribution in [0.15, 0.2) is 42.5 Å². The fourth-order valence-electron chi connectivity index (χ4n) is 2.19. The average molecular weight is 383 g/mol. The third-order valence-corrected chi connectivity index (χ3v) is 3.57. The maximum Gasteiger partial charge on any atom is 0.419 e. The molecule has 0 fully saturated rings. The predicted molar refractivity (Wildman–Crippen MR) is 87.0 cm³/mol. The van der Waals surface area contributed by atoms with Crippen LogP contribution in [0, 0.1) is 5.82 Å². The number of carboxylic acid groups (broad SMARTS) is 1. The summed E-state index contributed by atoms with van der Waals surface area (Å²) in [7, 11) is 0. The maximum absolute atomic E-state index is 13.5. The van der Waals surface area contributed by atoms with Gasteiger partial charge in [-0.15, -0.1) is 0 Å². The van der Waals surface area contributed by atoms with E-state index in [1.807, 2.05) is 0 Å². The lowest BCUT2D eigenvalue weighted by molar-refractivity contribution is -0.140. The van der Waals surface area contributed by atoms with E-state index in [2.05, 4.69) is 5.32 Å². The number of aliphatic carboxylic acids is 1. The Hall–Kier alpha value is -3.23. The van der Waals surface area contributed by atoms with Gasteiger partial charge in [-0.2, -0.15) is 13.2 Å². The number of rotatable bonds is 6. The summed E-state index contributed by atoms with van der Waals surface area (Å²) in [6.45, 7) is 0. The third-order valence-electron chi connectivity index (χ3n) is 3.57. The Morgan fingerprint density at radius 3 is 2.04 bits per heavy atom. The molecule has 9 heteroatoms. The quantitative estimate of drug-likeness (QED) is 0.580. The summed E-state index contributed by atoms with van der Waals surface area (Å²) >= 11 is 0. The van der Waals surface area contributed by atoms with Gasteiger partial charge in [-0.3, -0.25) is 14.4 Å². The van der Waals surface area contributed by atoms with Crippen LogP contribution in [0.5, 0.6) is 0 Å². The monoisotopic (exact) mass is 383 g/mol. The molecular formula is C18H13F4NO4. The molecule has 2 N–H and O–H groups in total. The Morgan fingerprint density at radius 1 is 0.926 bits per heavy atom. The molecule has 2 aromatic carbocycles. The number of anilines is 1. The maximum atomic E-state index is 13.5. The van der Waals surface area contributed by atoms with Crippen LogP contribution in [0.4, 0.5) is 23.2 Å². The summed E-state index contributed by atoms with van der Waals surface area (Å²) < 4.78 is 51.1. The number of carbonyl (C=O) groups excluding carboxylic acids is 2. The second-order valence-corrected chi connectivity index (χ2v) is 5.54. The van der Waals surface area contributed by atoms with E-state index in [1.165, 1.54) is 24.3 Å². The van der Waals surface area contributed by atoms with Crippen LogP contribution in [0.1, 0.15) is 39.1 Å². The molecule has 0 aromatic heterocycles. The fraction of sp³-hybridized carbons (Fsp3) is 0.167. The van der Waals surface area contributed by atoms with E-state index in [9.17, 15) is 31.9 Å². The highest BCUT2D eigenvalue weighted by molar-refractivity contribution is 6.04. The van der Waals surface area contributed by atoms with Gasteiger partial charge in [-0.1, -0.05) is 0 Å². The Morgan fingerprint density at radius 2 is 1.52 bits per heavy atom. The number of hydrogen-bond donors (Lipinski definition) is 2. The molecule has 0 spiro atoms. The Bertz CT molecular complexity index is 876. The zero-order chi connectivity index (χ0) is 20.2. The first-order valence-corrected chi connectivity index (χ1v) is 7.61. The number of amides is 1. The lowest BCUT2D eigenvalue weighted by atomic mass is 10.1. The van der Waals surface area contributed by atoms with Crippen molar-refractivity contribution in [1.82, 2.24) is 0 Å². The van der Waals surface area contributed by atoms with Crippen LogP contribution in [0.2, 0.25) is 0 Å². The van der Waals surface area contributed by atoms with Crippen molar-refractivity contribution in [1.29, 1.82) is 0 Å². The van der Waals surface area contributed by atoms with Gasteiger partial charge in [-0.05, 0) is 42.5 Å². The molecule has 2 aromatic rings. The molecule has 0 unspecified atom stereocenters. The number of carbonyl (C=O) groups is 3. The van der Waals surface area contributed by atoms with Crippen LogP contribution in [0.25, 0.3) is 0 Å². The van der Waals surface area contributed by atoms with Crippen molar-refractivity contribution >= 4 is 23.3 Å². The zero-order valence-corrected chi connectivity index (χ0v) is 13.6. The van der Waals surface area contributed by atoms with E-state index in [1.54, 1.807) is 0 Å². The molecule has 0 bridgehead atoms. The summed E-state index contributed by atoms with van der Waals surface area (Å²) in [5.74, 6) is -3.88. The molecule has 0 heterocycles. The topological polar surface area (TPSA) is 83.5 Å². The van der Waals surface area contributed by atoms with Crippen LogP contribution >= 0.6 is 0 Å². The number of carboxylic acids is 1. The first-order valence-electron chi connectivity index (χ1n) is 7.61. The van der Waals surface area contributed by atoms with Gasteiger partial charge in [0.25, 0.3) is 5.91 Å². The van der Waals surface area contributed by atoms with Gasteiger partial charge < -0.3 is 10.4 Å². The van der Waals surface area contributed by atoms with Crippen molar-refractivity contribution < 1.29 is 37.1 Å². The zero-order valence-electron chi connectivity index (χ0n) is 13.6. The largest absolute Gasteiger partial charge is 0.481 e. The second kappa shape index (κ2) is 7.98. The standard InChI is InChI=1S/C18H13F4NO4/c19-14-9-11(3-6-13(14)18(20,21)22)17(27)23-12-4-1-10(2-5-12)15(24)7-8-16(25)26/h1-6,9H,7-8H2,(H,23,27)(H,25,26). The molecular weight excluding hydrogens is 370 g/mol. The molecule has 0 atom stereocenters. The minimum atomic E-state index is -4.86. The lowest BCUT2D eigenvalue weighted by Gasteiger charge is -2.10. The van der Waals surface area contributed by atoms with Crippen molar-refractivity contribution in [2.75, 3.05) is 5.32 Å². The molecule has 2 rings (SSSR count). The van der Waals surface area contributed by atoms with Gasteiger partial charge in [-0.25, -0.2) is 4.39 Å². The van der Waals surface area contributed by atoms with Gasteiger partial charge in [0.2, 0.25) is 0 Å². The van der Waals surface area contributed by atoms with Gasteiger partial charge in [0, 0.05) is 23.2 Å². The van der Waals surface area contributed by atoms with Gasteiger partial charge in [0.15, 0.2) is 5.78 Å². The van der Waals surface area contributed by atoms with Gasteiger partial charge in [0.05, 0.1) is 12.0 Å². The minimum absolute atomic E-state index is 0.175. The summed E-state index contributed by atoms with van der Waals surface area (Å²) in [5.41, 5.74) is -1.30. The number of halogens is 4. The number of ketones is 1. The molecule has 0 aliphatic heterocycles. The first kappa shape index (κ1) is 20.1. The fourth-order valence-corrected chi connectivity index (χ4v) is 2.19. The summed E-state index contributed by atoms with van der Waals surface area (Å²) in [6.07, 6.45) is -5.34. The minimum Gasteiger partial charge on any atom is -0.481 e. The van der Waals surface area contributed by atoms with Crippen LogP contribution in [-0.4, -0.2) is 22.8 Å². The van der Waals surface area contributed by atoms with Crippen molar-refractivity contribution in [3.63, 3.8) is 0 Å². The Labute approximate surface area is 150 Å². The molecule has 0 aliphatic rings. The summed E-state index contributed by atoms with van der Waals surface area (Å²) in [6, 6.07) is 7.29. The highest BCUT2D eigenvalue weighted by Gasteiger charge is 2.34. The number of benzene rings is 2. The van der Waals surface area contributed by atoms with Crippen molar-refractivity contribution in [2.45, 2.75) is 19.0 Å². The van der Waals surface area contributed by atoms with E-state index in [4.69, 9.17) is 5.11 Å². The lowest BCUT2D eigenvalue weighted by Crippen LogP contribution is -2.14. The van der Waals surface area contributed by atoms with Crippen molar-refractivity contribution in [3.8, 4) is 0 Å². The molecule has 5 nitrogen and oxygen atoms in total. The average Bonchev–Trinajstić information content (AvgIpc) is 2.59. The highest BCUT2D eigenvalue weighted by atomic mass is 19.4. The molecule has 142 valence electrons. The van der Waals surface area contributed by atoms with Crippen LogP contribution in [-0.2, 0) is 11.0 Å². The molecule has 0 saturated carbocycles. The van der Waals surface area contributed by atoms with Crippen LogP contribution in [0.3, 0.4) is 0 Å². The Kier molecular flexibility index (Phi) is 5.94.